The van der Waals surface area contributed by atoms with Crippen molar-refractivity contribution < 1.29 is 25.1 Å². The molecule has 0 saturated carbocycles. The minimum atomic E-state index is 0. The van der Waals surface area contributed by atoms with Crippen LogP contribution in [0.15, 0.2) is 108 Å². The fourth-order valence-electron chi connectivity index (χ4n) is 19.0. The van der Waals surface area contributed by atoms with Gasteiger partial charge in [-0.3, -0.25) is 0 Å². The van der Waals surface area contributed by atoms with E-state index in [1.807, 2.05) is 60.7 Å². The molecular weight excluding hydrogens is 1600 g/mol. The van der Waals surface area contributed by atoms with Gasteiger partial charge in [-0.05, 0) is 117 Å². The van der Waals surface area contributed by atoms with Gasteiger partial charge in [-0.1, -0.05) is 541 Å². The van der Waals surface area contributed by atoms with E-state index < -0.39 is 0 Å². The van der Waals surface area contributed by atoms with Crippen molar-refractivity contribution in [1.82, 2.24) is 0 Å². The van der Waals surface area contributed by atoms with Crippen molar-refractivity contribution in [1.29, 1.82) is 0 Å². The van der Waals surface area contributed by atoms with E-state index >= 15 is 0 Å². The quantitative estimate of drug-likeness (QED) is 0.0138. The summed E-state index contributed by atoms with van der Waals surface area (Å²) in [5.41, 5.74) is 25.8. The first-order chi connectivity index (χ1) is 61.5. The molecule has 0 spiro atoms. The Morgan fingerprint density at radius 1 is 0.216 bits per heavy atom. The molecule has 1 aliphatic rings. The number of allylic oxidation sites excluding steroid dienone is 2. The zero-order valence-corrected chi connectivity index (χ0v) is 85.8. The first-order valence-electron chi connectivity index (χ1n) is 56.0. The van der Waals surface area contributed by atoms with Crippen LogP contribution in [0, 0.1) is 24.0 Å². The standard InChI is InChI=1S/C110H196N2.2C6H5.Pd/c1-7-13-19-23-26-29-32-35-38-41-44-47-50-52-54-56-58-61-64-67-70-73-76-79-82-85-91-103-95-101(89-17-11-5)97-105(99-103)109-107(93-87-22-16-10-4)108(94-88-84-81-78-75-72-69-66-63-60-49-46-43-40-37-34-31-28-25-21-15-9-3)110(112(109)111)106-98-102(90-18-12-6)96-104(100-106)92-86-83-80-77-74-71-68-65-62-59-57-55-53-51-48-45-42-39-36-33-30-27-24-20-14-8-2;2*1-2-4-6-5-3-1;/h95-100H,7-87,89-93H2,1-6H3;2*1-5H;/q;2*-1;+2. The zero-order chi connectivity index (χ0) is 88.3. The van der Waals surface area contributed by atoms with Gasteiger partial charge >= 0.3 is 20.4 Å². The minimum absolute atomic E-state index is 0. The minimum Gasteiger partial charge on any atom is -0.493 e. The number of hydrogen-bond donors (Lipinski definition) is 0. The largest absolute Gasteiger partial charge is 2.00 e. The van der Waals surface area contributed by atoms with Gasteiger partial charge in [0, 0.05) is 23.1 Å². The van der Waals surface area contributed by atoms with Gasteiger partial charge in [0.05, 0.1) is 0 Å². The Hall–Kier alpha value is -3.82. The van der Waals surface area contributed by atoms with Crippen LogP contribution in [0.5, 0.6) is 0 Å². The van der Waals surface area contributed by atoms with E-state index in [0.717, 1.165) is 61.9 Å². The number of benzene rings is 4. The van der Waals surface area contributed by atoms with E-state index in [2.05, 4.69) is 102 Å². The first-order valence-corrected chi connectivity index (χ1v) is 56.0. The third-order valence-corrected chi connectivity index (χ3v) is 27.0. The molecule has 0 aromatic heterocycles. The third kappa shape index (κ3) is 70.6. The molecule has 0 bridgehead atoms. The normalized spacial score (nSPS) is 11.9. The molecule has 5 rings (SSSR count). The number of aryl methyl sites for hydroxylation is 4. The summed E-state index contributed by atoms with van der Waals surface area (Å²) in [6.07, 6.45) is 118. The van der Waals surface area contributed by atoms with Crippen LogP contribution in [0.1, 0.15) is 601 Å². The molecule has 0 N–H and O–H groups in total. The molecular formula is C122H206N2Pd. The summed E-state index contributed by atoms with van der Waals surface area (Å²) in [6, 6.07) is 40.0. The van der Waals surface area contributed by atoms with Crippen LogP contribution in [-0.2, 0) is 46.1 Å². The molecule has 3 heteroatoms. The van der Waals surface area contributed by atoms with Gasteiger partial charge in [0.1, 0.15) is 5.57 Å². The molecule has 0 saturated heterocycles. The van der Waals surface area contributed by atoms with Gasteiger partial charge in [0.15, 0.2) is 0 Å². The molecule has 0 radical (unpaired) electrons. The predicted molar refractivity (Wildman–Crippen MR) is 556 cm³/mol. The monoisotopic (exact) mass is 1810 g/mol. The molecule has 0 unspecified atom stereocenters. The van der Waals surface area contributed by atoms with Crippen molar-refractivity contribution in [3.05, 3.63) is 159 Å². The smallest absolute Gasteiger partial charge is 0.493 e. The molecule has 0 fully saturated rings. The van der Waals surface area contributed by atoms with Crippen molar-refractivity contribution >= 4 is 11.4 Å². The second-order valence-electron chi connectivity index (χ2n) is 39.1. The molecule has 1 heterocycles. The Morgan fingerprint density at radius 3 is 0.624 bits per heavy atom. The van der Waals surface area contributed by atoms with Gasteiger partial charge in [-0.15, -0.1) is 0 Å². The van der Waals surface area contributed by atoms with Crippen LogP contribution in [0.4, 0.5) is 0 Å². The van der Waals surface area contributed by atoms with Crippen molar-refractivity contribution in [2.45, 2.75) is 594 Å². The zero-order valence-electron chi connectivity index (χ0n) is 84.3. The predicted octanol–water partition coefficient (Wildman–Crippen LogP) is 42.1. The molecule has 4 aromatic carbocycles. The molecule has 1 aliphatic heterocycles. The van der Waals surface area contributed by atoms with Gasteiger partial charge in [0.2, 0.25) is 11.4 Å². The fourth-order valence-corrected chi connectivity index (χ4v) is 19.0. The van der Waals surface area contributed by atoms with Crippen LogP contribution in [-0.4, -0.2) is 4.70 Å². The fraction of sp³-hybridized carbons (Fsp3) is 0.754. The summed E-state index contributed by atoms with van der Waals surface area (Å²) in [7, 11) is 0. The molecule has 2 nitrogen and oxygen atoms in total. The maximum absolute atomic E-state index is 13.3. The maximum Gasteiger partial charge on any atom is 2.00 e. The summed E-state index contributed by atoms with van der Waals surface area (Å²) in [5.74, 6) is 7.76. The summed E-state index contributed by atoms with van der Waals surface area (Å²) >= 11 is 0. The third-order valence-electron chi connectivity index (χ3n) is 27.0. The Morgan fingerprint density at radius 2 is 0.408 bits per heavy atom. The van der Waals surface area contributed by atoms with Gasteiger partial charge < -0.3 is 5.53 Å². The summed E-state index contributed by atoms with van der Waals surface area (Å²) < 4.78 is 1.69. The van der Waals surface area contributed by atoms with Crippen LogP contribution >= 0.6 is 0 Å². The summed E-state index contributed by atoms with van der Waals surface area (Å²) in [5, 5.41) is 0. The average molecular weight is 1810 g/mol. The van der Waals surface area contributed by atoms with E-state index in [9.17, 15) is 5.53 Å². The van der Waals surface area contributed by atoms with Crippen molar-refractivity contribution in [3.63, 3.8) is 0 Å². The van der Waals surface area contributed by atoms with Gasteiger partial charge in [0.25, 0.3) is 0 Å². The molecule has 0 aliphatic carbocycles. The van der Waals surface area contributed by atoms with Gasteiger partial charge in [-0.25, -0.2) is 4.70 Å². The number of hydrogen-bond acceptors (Lipinski definition) is 0. The van der Waals surface area contributed by atoms with E-state index in [1.165, 1.54) is 546 Å². The SMILES string of the molecule is CCCCCCCCCCCCCCCCCCCCCCC#CC1=C(c2cc(CCCC)cc(CCCCCCCCCCCCCCCCCCCCCCCCCCCC)c2)[N+](=[N-])C(c2cc(CCCC)cc(CCCCCCCCCCCCCCCCCCCCCCCCCCCC)c2)=C1CCCCCC.[Pd+2].[c-]1ccccc1.[c-]1ccccc1. The van der Waals surface area contributed by atoms with Crippen molar-refractivity contribution in [2.75, 3.05) is 0 Å². The van der Waals surface area contributed by atoms with Crippen LogP contribution in [0.3, 0.4) is 0 Å². The Balaban J connectivity index is 0.00000373. The molecule has 4 aromatic rings. The number of unbranched alkanes of at least 4 members (excludes halogenated alkanes) is 75. The van der Waals surface area contributed by atoms with Crippen LogP contribution in [0.2, 0.25) is 0 Å². The van der Waals surface area contributed by atoms with E-state index in [-0.39, 0.29) is 20.4 Å². The molecule has 0 atom stereocenters. The summed E-state index contributed by atoms with van der Waals surface area (Å²) in [6.45, 7) is 14.0. The molecule has 714 valence electrons. The van der Waals surface area contributed by atoms with Crippen molar-refractivity contribution in [3.8, 4) is 11.8 Å². The Kier molecular flexibility index (Phi) is 87.6. The molecule has 0 amide bonds. The first kappa shape index (κ1) is 117. The Bertz CT molecular complexity index is 2950. The van der Waals surface area contributed by atoms with E-state index in [0.29, 0.717) is 0 Å². The van der Waals surface area contributed by atoms with Crippen LogP contribution in [0.25, 0.3) is 16.9 Å². The van der Waals surface area contributed by atoms with Crippen molar-refractivity contribution in [2.24, 2.45) is 0 Å². The van der Waals surface area contributed by atoms with Gasteiger partial charge in [-0.2, -0.15) is 72.8 Å². The van der Waals surface area contributed by atoms with Crippen LogP contribution < -0.4 is 0 Å². The average Bonchev–Trinajstić information content (AvgIpc) is 1.60. The van der Waals surface area contributed by atoms with E-state index in [1.54, 1.807) is 4.70 Å². The maximum atomic E-state index is 13.3. The number of nitrogens with zero attached hydrogens (tertiary/aromatic N) is 2. The molecule has 125 heavy (non-hydrogen) atoms. The second kappa shape index (κ2) is 93.4. The van der Waals surface area contributed by atoms with E-state index in [4.69, 9.17) is 0 Å². The number of rotatable bonds is 87. The topological polar surface area (TPSA) is 25.3 Å². The second-order valence-corrected chi connectivity index (χ2v) is 39.1. The summed E-state index contributed by atoms with van der Waals surface area (Å²) in [4.78, 5) is 0. The Labute approximate surface area is 795 Å².